The van der Waals surface area contributed by atoms with Gasteiger partial charge in [-0.05, 0) is 48.9 Å². The summed E-state index contributed by atoms with van der Waals surface area (Å²) in [7, 11) is 0. The Morgan fingerprint density at radius 3 is 2.56 bits per heavy atom. The van der Waals surface area contributed by atoms with Gasteiger partial charge in [-0.2, -0.15) is 0 Å². The summed E-state index contributed by atoms with van der Waals surface area (Å²) in [6.45, 7) is 5.24. The van der Waals surface area contributed by atoms with Gasteiger partial charge in [-0.15, -0.1) is 11.3 Å². The number of aryl methyl sites for hydroxylation is 2. The van der Waals surface area contributed by atoms with Gasteiger partial charge in [0.05, 0.1) is 11.9 Å². The normalized spacial score (nSPS) is 16.4. The van der Waals surface area contributed by atoms with Gasteiger partial charge in [0.15, 0.2) is 0 Å². The van der Waals surface area contributed by atoms with Crippen LogP contribution in [0, 0.1) is 0 Å². The number of carbonyl (C=O) groups is 2. The lowest BCUT2D eigenvalue weighted by Crippen LogP contribution is -2.48. The average Bonchev–Trinajstić information content (AvgIpc) is 3.22. The quantitative estimate of drug-likeness (QED) is 0.586. The fourth-order valence-corrected chi connectivity index (χ4v) is 6.06. The highest BCUT2D eigenvalue weighted by atomic mass is 32.1. The molecule has 2 N–H and O–H groups in total. The highest BCUT2D eigenvalue weighted by Crippen LogP contribution is 2.33. The second-order valence-electron chi connectivity index (χ2n) is 9.08. The fraction of sp³-hybridized carbons (Fsp3) is 0.440. The predicted octanol–water partition coefficient (Wildman–Crippen LogP) is 2.46. The Morgan fingerprint density at radius 1 is 1.09 bits per heavy atom. The zero-order valence-corrected chi connectivity index (χ0v) is 20.2. The number of benzene rings is 1. The van der Waals surface area contributed by atoms with Gasteiger partial charge in [0.25, 0.3) is 11.5 Å². The Morgan fingerprint density at radius 2 is 1.82 bits per heavy atom. The van der Waals surface area contributed by atoms with Crippen molar-refractivity contribution in [3.63, 3.8) is 0 Å². The van der Waals surface area contributed by atoms with Crippen LogP contribution in [0.2, 0.25) is 0 Å². The second-order valence-corrected chi connectivity index (χ2v) is 10.2. The third kappa shape index (κ3) is 4.76. The van der Waals surface area contributed by atoms with Gasteiger partial charge in [-0.25, -0.2) is 4.98 Å². The summed E-state index contributed by atoms with van der Waals surface area (Å²) < 4.78 is 0. The molecular weight excluding hydrogens is 450 g/mol. The Balaban J connectivity index is 1.19. The van der Waals surface area contributed by atoms with E-state index in [9.17, 15) is 14.4 Å². The van der Waals surface area contributed by atoms with Gasteiger partial charge >= 0.3 is 0 Å². The van der Waals surface area contributed by atoms with Crippen LogP contribution in [0.1, 0.15) is 52.0 Å². The van der Waals surface area contributed by atoms with Crippen molar-refractivity contribution < 1.29 is 9.59 Å². The Bertz CT molecular complexity index is 1270. The van der Waals surface area contributed by atoms with Gasteiger partial charge in [0.2, 0.25) is 5.91 Å². The minimum absolute atomic E-state index is 0.0165. The number of amides is 2. The van der Waals surface area contributed by atoms with Gasteiger partial charge in [0.1, 0.15) is 10.7 Å². The summed E-state index contributed by atoms with van der Waals surface area (Å²) in [5.41, 5.74) is 2.80. The fourth-order valence-electron chi connectivity index (χ4n) is 4.78. The van der Waals surface area contributed by atoms with Crippen LogP contribution in [0.4, 0.5) is 0 Å². The molecule has 8 nitrogen and oxygen atoms in total. The van der Waals surface area contributed by atoms with E-state index >= 15 is 0 Å². The third-order valence-corrected chi connectivity index (χ3v) is 7.84. The maximum absolute atomic E-state index is 12.9. The van der Waals surface area contributed by atoms with Gasteiger partial charge in [-0.3, -0.25) is 19.3 Å². The standard InChI is InChI=1S/C25H29N5O3S/c1-16(31)26-14-17-6-8-18(9-7-17)25(33)30-12-10-29(11-13-30)15-21-27-23(32)22-19-4-2-3-5-20(19)34-24(22)28-21/h6-9H,2-5,10-15H2,1H3,(H,26,31)(H,27,28,32). The molecule has 2 aromatic heterocycles. The second kappa shape index (κ2) is 9.68. The Kier molecular flexibility index (Phi) is 6.47. The van der Waals surface area contributed by atoms with Crippen LogP contribution in [0.15, 0.2) is 29.1 Å². The third-order valence-electron chi connectivity index (χ3n) is 6.65. The zero-order valence-electron chi connectivity index (χ0n) is 19.4. The number of fused-ring (bicyclic) bond motifs is 3. The molecular formula is C25H29N5O3S. The van der Waals surface area contributed by atoms with E-state index in [2.05, 4.69) is 15.2 Å². The molecule has 0 unspecified atom stereocenters. The lowest BCUT2D eigenvalue weighted by Gasteiger charge is -2.34. The molecule has 0 spiro atoms. The number of thiophene rings is 1. The number of rotatable bonds is 5. The molecule has 3 aromatic rings. The summed E-state index contributed by atoms with van der Waals surface area (Å²) in [4.78, 5) is 50.8. The molecule has 178 valence electrons. The number of nitrogens with one attached hydrogen (secondary N) is 2. The van der Waals surface area contributed by atoms with Crippen molar-refractivity contribution in [3.8, 4) is 0 Å². The minimum atomic E-state index is -0.0771. The molecule has 0 radical (unpaired) electrons. The molecule has 9 heteroatoms. The van der Waals surface area contributed by atoms with E-state index in [1.807, 2.05) is 29.2 Å². The molecule has 2 aliphatic rings. The van der Waals surface area contributed by atoms with Crippen LogP contribution in [-0.2, 0) is 30.7 Å². The van der Waals surface area contributed by atoms with Crippen molar-refractivity contribution in [2.45, 2.75) is 45.7 Å². The monoisotopic (exact) mass is 479 g/mol. The summed E-state index contributed by atoms with van der Waals surface area (Å²) in [5.74, 6) is 0.639. The van der Waals surface area contributed by atoms with E-state index in [1.54, 1.807) is 11.3 Å². The molecule has 3 heterocycles. The number of hydrogen-bond acceptors (Lipinski definition) is 6. The number of hydrogen-bond donors (Lipinski definition) is 2. The largest absolute Gasteiger partial charge is 0.352 e. The molecule has 0 atom stereocenters. The first-order chi connectivity index (χ1) is 16.5. The van der Waals surface area contributed by atoms with Crippen molar-refractivity contribution in [1.82, 2.24) is 25.1 Å². The predicted molar refractivity (Wildman–Crippen MR) is 132 cm³/mol. The van der Waals surface area contributed by atoms with Crippen LogP contribution < -0.4 is 10.9 Å². The van der Waals surface area contributed by atoms with Crippen molar-refractivity contribution >= 4 is 33.4 Å². The maximum Gasteiger partial charge on any atom is 0.259 e. The molecule has 0 bridgehead atoms. The van der Waals surface area contributed by atoms with Gasteiger partial charge in [0, 0.05) is 50.1 Å². The lowest BCUT2D eigenvalue weighted by molar-refractivity contribution is -0.119. The zero-order chi connectivity index (χ0) is 23.7. The summed E-state index contributed by atoms with van der Waals surface area (Å²) in [6, 6.07) is 7.38. The highest BCUT2D eigenvalue weighted by molar-refractivity contribution is 7.18. The number of nitrogens with zero attached hydrogens (tertiary/aromatic N) is 3. The first kappa shape index (κ1) is 22.7. The lowest BCUT2D eigenvalue weighted by atomic mass is 9.97. The van der Waals surface area contributed by atoms with E-state index < -0.39 is 0 Å². The maximum atomic E-state index is 12.9. The van der Waals surface area contributed by atoms with Crippen LogP contribution in [0.3, 0.4) is 0 Å². The molecule has 1 aliphatic heterocycles. The number of carbonyl (C=O) groups excluding carboxylic acids is 2. The topological polar surface area (TPSA) is 98.4 Å². The van der Waals surface area contributed by atoms with Gasteiger partial charge < -0.3 is 15.2 Å². The number of aromatic nitrogens is 2. The van der Waals surface area contributed by atoms with Gasteiger partial charge in [-0.1, -0.05) is 12.1 Å². The molecule has 1 aliphatic carbocycles. The Hall–Kier alpha value is -3.04. The molecule has 1 saturated heterocycles. The number of aromatic amines is 1. The highest BCUT2D eigenvalue weighted by Gasteiger charge is 2.24. The first-order valence-corrected chi connectivity index (χ1v) is 12.7. The van der Waals surface area contributed by atoms with Crippen molar-refractivity contribution in [3.05, 3.63) is 62.0 Å². The van der Waals surface area contributed by atoms with Crippen LogP contribution in [0.25, 0.3) is 10.2 Å². The van der Waals surface area contributed by atoms with Crippen LogP contribution >= 0.6 is 11.3 Å². The molecule has 2 amide bonds. The molecule has 0 saturated carbocycles. The molecule has 34 heavy (non-hydrogen) atoms. The minimum Gasteiger partial charge on any atom is -0.352 e. The summed E-state index contributed by atoms with van der Waals surface area (Å²) in [5, 5.41) is 3.55. The molecule has 1 fully saturated rings. The smallest absolute Gasteiger partial charge is 0.259 e. The van der Waals surface area contributed by atoms with E-state index in [-0.39, 0.29) is 17.4 Å². The van der Waals surface area contributed by atoms with E-state index in [0.29, 0.717) is 37.6 Å². The summed E-state index contributed by atoms with van der Waals surface area (Å²) in [6.07, 6.45) is 4.37. The molecule has 5 rings (SSSR count). The van der Waals surface area contributed by atoms with E-state index in [0.717, 1.165) is 48.1 Å². The van der Waals surface area contributed by atoms with E-state index in [1.165, 1.54) is 23.8 Å². The Labute approximate surface area is 202 Å². The van der Waals surface area contributed by atoms with Crippen molar-refractivity contribution in [2.24, 2.45) is 0 Å². The van der Waals surface area contributed by atoms with Crippen LogP contribution in [-0.4, -0.2) is 57.8 Å². The summed E-state index contributed by atoms with van der Waals surface area (Å²) >= 11 is 1.67. The van der Waals surface area contributed by atoms with E-state index in [4.69, 9.17) is 4.98 Å². The van der Waals surface area contributed by atoms with Crippen LogP contribution in [0.5, 0.6) is 0 Å². The number of piperazine rings is 1. The van der Waals surface area contributed by atoms with Crippen molar-refractivity contribution in [1.29, 1.82) is 0 Å². The number of H-pyrrole nitrogens is 1. The average molecular weight is 480 g/mol. The van der Waals surface area contributed by atoms with Crippen molar-refractivity contribution in [2.75, 3.05) is 26.2 Å². The SMILES string of the molecule is CC(=O)NCc1ccc(C(=O)N2CCN(Cc3nc4sc5c(c4c(=O)[nH]3)CCCC5)CC2)cc1. The molecule has 1 aromatic carbocycles. The first-order valence-electron chi connectivity index (χ1n) is 11.9.